The number of methoxy groups -OCH3 is 1. The summed E-state index contributed by atoms with van der Waals surface area (Å²) in [7, 11) is 3.44. The molecule has 0 spiro atoms. The molecule has 23 heavy (non-hydrogen) atoms. The van der Waals surface area contributed by atoms with Gasteiger partial charge < -0.3 is 15.4 Å². The van der Waals surface area contributed by atoms with E-state index in [0.29, 0.717) is 13.1 Å². The van der Waals surface area contributed by atoms with E-state index in [0.717, 1.165) is 37.2 Å². The minimum Gasteiger partial charge on any atom is -0.497 e. The number of likely N-dealkylation sites (N-methyl/N-ethyl adjacent to an activating group) is 1. The van der Waals surface area contributed by atoms with Crippen molar-refractivity contribution in [2.24, 2.45) is 11.7 Å². The van der Waals surface area contributed by atoms with Crippen molar-refractivity contribution in [1.29, 1.82) is 0 Å². The molecule has 6 nitrogen and oxygen atoms in total. The van der Waals surface area contributed by atoms with E-state index in [1.165, 1.54) is 0 Å². The van der Waals surface area contributed by atoms with Crippen LogP contribution in [0.5, 0.6) is 5.75 Å². The highest BCUT2D eigenvalue weighted by Crippen LogP contribution is 2.17. The first-order chi connectivity index (χ1) is 11.0. The van der Waals surface area contributed by atoms with Crippen LogP contribution in [0.15, 0.2) is 24.3 Å². The zero-order chi connectivity index (χ0) is 16.8. The number of ether oxygens (including phenoxy) is 1. The Balaban J connectivity index is 1.79. The van der Waals surface area contributed by atoms with Crippen LogP contribution in [-0.2, 0) is 16.1 Å². The zero-order valence-electron chi connectivity index (χ0n) is 13.8. The summed E-state index contributed by atoms with van der Waals surface area (Å²) in [6, 6.07) is 7.70. The van der Waals surface area contributed by atoms with Crippen LogP contribution in [0.25, 0.3) is 0 Å². The van der Waals surface area contributed by atoms with Gasteiger partial charge in [-0.15, -0.1) is 0 Å². The lowest BCUT2D eigenvalue weighted by molar-refractivity contribution is -0.132. The number of likely N-dealkylation sites (tertiary alicyclic amines) is 1. The van der Waals surface area contributed by atoms with Gasteiger partial charge in [0.15, 0.2) is 0 Å². The van der Waals surface area contributed by atoms with Crippen molar-refractivity contribution in [2.45, 2.75) is 19.4 Å². The van der Waals surface area contributed by atoms with Gasteiger partial charge in [-0.1, -0.05) is 12.1 Å². The monoisotopic (exact) mass is 319 g/mol. The summed E-state index contributed by atoms with van der Waals surface area (Å²) in [5, 5.41) is 0. The van der Waals surface area contributed by atoms with Gasteiger partial charge in [-0.05, 0) is 43.6 Å². The summed E-state index contributed by atoms with van der Waals surface area (Å²) < 4.78 is 5.13. The van der Waals surface area contributed by atoms with Gasteiger partial charge in [0, 0.05) is 19.5 Å². The maximum atomic E-state index is 12.3. The van der Waals surface area contributed by atoms with Crippen molar-refractivity contribution < 1.29 is 14.3 Å². The topological polar surface area (TPSA) is 75.9 Å². The minimum atomic E-state index is -0.229. The van der Waals surface area contributed by atoms with E-state index in [9.17, 15) is 9.59 Å². The Labute approximate surface area is 137 Å². The highest BCUT2D eigenvalue weighted by atomic mass is 16.5. The van der Waals surface area contributed by atoms with Gasteiger partial charge in [0.25, 0.3) is 0 Å². The van der Waals surface area contributed by atoms with Crippen molar-refractivity contribution in [3.8, 4) is 5.75 Å². The van der Waals surface area contributed by atoms with Gasteiger partial charge >= 0.3 is 0 Å². The SMILES string of the molecule is COc1ccc(CN(C)C(=O)CN2CCC(C(N)=O)CC2)cc1. The Morgan fingerprint density at radius 2 is 1.87 bits per heavy atom. The van der Waals surface area contributed by atoms with Crippen LogP contribution >= 0.6 is 0 Å². The second-order valence-electron chi connectivity index (χ2n) is 6.05. The Bertz CT molecular complexity index is 537. The van der Waals surface area contributed by atoms with Gasteiger partial charge in [0.1, 0.15) is 5.75 Å². The second kappa shape index (κ2) is 7.97. The molecule has 6 heteroatoms. The van der Waals surface area contributed by atoms with E-state index in [1.54, 1.807) is 12.0 Å². The molecule has 0 bridgehead atoms. The van der Waals surface area contributed by atoms with Crippen LogP contribution in [0.2, 0.25) is 0 Å². The van der Waals surface area contributed by atoms with Crippen LogP contribution in [0, 0.1) is 5.92 Å². The molecule has 1 saturated heterocycles. The second-order valence-corrected chi connectivity index (χ2v) is 6.05. The van der Waals surface area contributed by atoms with Crippen LogP contribution in [0.4, 0.5) is 0 Å². The third-order valence-corrected chi connectivity index (χ3v) is 4.35. The molecular formula is C17H25N3O3. The van der Waals surface area contributed by atoms with Crippen LogP contribution < -0.4 is 10.5 Å². The maximum absolute atomic E-state index is 12.3. The molecule has 0 aromatic heterocycles. The summed E-state index contributed by atoms with van der Waals surface area (Å²) in [5.41, 5.74) is 6.39. The largest absolute Gasteiger partial charge is 0.497 e. The van der Waals surface area contributed by atoms with E-state index < -0.39 is 0 Å². The summed E-state index contributed by atoms with van der Waals surface area (Å²) >= 11 is 0. The lowest BCUT2D eigenvalue weighted by Crippen LogP contribution is -2.43. The zero-order valence-corrected chi connectivity index (χ0v) is 13.8. The molecule has 1 aliphatic heterocycles. The highest BCUT2D eigenvalue weighted by molar-refractivity contribution is 5.78. The Kier molecular flexibility index (Phi) is 5.98. The van der Waals surface area contributed by atoms with Gasteiger partial charge in [-0.25, -0.2) is 0 Å². The van der Waals surface area contributed by atoms with E-state index in [1.807, 2.05) is 31.3 Å². The standard InChI is InChI=1S/C17H25N3O3/c1-19(11-13-3-5-15(23-2)6-4-13)16(21)12-20-9-7-14(8-10-20)17(18)22/h3-6,14H,7-12H2,1-2H3,(H2,18,22). The van der Waals surface area contributed by atoms with Crippen molar-refractivity contribution >= 4 is 11.8 Å². The van der Waals surface area contributed by atoms with Crippen LogP contribution in [0.1, 0.15) is 18.4 Å². The van der Waals surface area contributed by atoms with Crippen molar-refractivity contribution in [1.82, 2.24) is 9.80 Å². The number of hydrogen-bond acceptors (Lipinski definition) is 4. The normalized spacial score (nSPS) is 16.1. The third-order valence-electron chi connectivity index (χ3n) is 4.35. The summed E-state index contributed by atoms with van der Waals surface area (Å²) in [5.74, 6) is 0.615. The van der Waals surface area contributed by atoms with Crippen molar-refractivity contribution in [3.05, 3.63) is 29.8 Å². The lowest BCUT2D eigenvalue weighted by Gasteiger charge is -2.31. The predicted octanol–water partition coefficient (Wildman–Crippen LogP) is 0.851. The Morgan fingerprint density at radius 1 is 1.26 bits per heavy atom. The minimum absolute atomic E-state index is 0.0432. The van der Waals surface area contributed by atoms with Gasteiger partial charge in [0.05, 0.1) is 13.7 Å². The molecule has 1 aromatic rings. The molecule has 2 amide bonds. The first kappa shape index (κ1) is 17.3. The van der Waals surface area contributed by atoms with Crippen molar-refractivity contribution in [2.75, 3.05) is 33.8 Å². The number of primary amides is 1. The van der Waals surface area contributed by atoms with E-state index >= 15 is 0 Å². The molecule has 0 radical (unpaired) electrons. The fourth-order valence-corrected chi connectivity index (χ4v) is 2.78. The number of benzene rings is 1. The molecule has 1 heterocycles. The van der Waals surface area contributed by atoms with Gasteiger partial charge in [-0.2, -0.15) is 0 Å². The van der Waals surface area contributed by atoms with E-state index in [2.05, 4.69) is 4.90 Å². The molecule has 126 valence electrons. The summed E-state index contributed by atoms with van der Waals surface area (Å²) in [6.07, 6.45) is 1.48. The molecule has 0 aliphatic carbocycles. The van der Waals surface area contributed by atoms with E-state index in [-0.39, 0.29) is 17.7 Å². The summed E-state index contributed by atoms with van der Waals surface area (Å²) in [4.78, 5) is 27.3. The van der Waals surface area contributed by atoms with Crippen LogP contribution in [0.3, 0.4) is 0 Å². The first-order valence-corrected chi connectivity index (χ1v) is 7.88. The molecular weight excluding hydrogens is 294 g/mol. The number of carbonyl (C=O) groups excluding carboxylic acids is 2. The van der Waals surface area contributed by atoms with Crippen LogP contribution in [-0.4, -0.2) is 55.4 Å². The summed E-state index contributed by atoms with van der Waals surface area (Å²) in [6.45, 7) is 2.45. The number of nitrogens with zero attached hydrogens (tertiary/aromatic N) is 2. The fourth-order valence-electron chi connectivity index (χ4n) is 2.78. The molecule has 2 N–H and O–H groups in total. The quantitative estimate of drug-likeness (QED) is 0.843. The molecule has 1 aliphatic rings. The Morgan fingerprint density at radius 3 is 2.39 bits per heavy atom. The molecule has 0 atom stereocenters. The molecule has 1 aromatic carbocycles. The van der Waals surface area contributed by atoms with Crippen molar-refractivity contribution in [3.63, 3.8) is 0 Å². The van der Waals surface area contributed by atoms with Gasteiger partial charge in [0.2, 0.25) is 11.8 Å². The highest BCUT2D eigenvalue weighted by Gasteiger charge is 2.24. The number of hydrogen-bond donors (Lipinski definition) is 1. The maximum Gasteiger partial charge on any atom is 0.236 e. The molecule has 2 rings (SSSR count). The number of rotatable bonds is 6. The first-order valence-electron chi connectivity index (χ1n) is 7.88. The lowest BCUT2D eigenvalue weighted by atomic mass is 9.96. The third kappa shape index (κ3) is 4.96. The molecule has 1 fully saturated rings. The average molecular weight is 319 g/mol. The predicted molar refractivity (Wildman–Crippen MR) is 87.8 cm³/mol. The number of nitrogens with two attached hydrogens (primary N) is 1. The van der Waals surface area contributed by atoms with E-state index in [4.69, 9.17) is 10.5 Å². The molecule has 0 saturated carbocycles. The fraction of sp³-hybridized carbons (Fsp3) is 0.529. The smallest absolute Gasteiger partial charge is 0.236 e. The number of carbonyl (C=O) groups is 2. The average Bonchev–Trinajstić information content (AvgIpc) is 2.56. The number of amides is 2. The number of piperidine rings is 1. The Hall–Kier alpha value is -2.08. The molecule has 0 unspecified atom stereocenters. The van der Waals surface area contributed by atoms with Gasteiger partial charge in [-0.3, -0.25) is 14.5 Å².